The van der Waals surface area contributed by atoms with Gasteiger partial charge in [0.2, 0.25) is 5.79 Å². The minimum atomic E-state index is -4.30. The summed E-state index contributed by atoms with van der Waals surface area (Å²) in [7, 11) is -2.52. The Morgan fingerprint density at radius 1 is 1.32 bits per heavy atom. The minimum Gasteiger partial charge on any atom is -0.345 e. The van der Waals surface area contributed by atoms with Crippen molar-refractivity contribution in [2.24, 2.45) is 0 Å². The zero-order valence-corrected chi connectivity index (χ0v) is 14.0. The number of nitrogens with zero attached hydrogens (tertiary/aromatic N) is 1. The molecule has 1 aliphatic heterocycles. The molecule has 22 heavy (non-hydrogen) atoms. The first-order valence-corrected chi connectivity index (χ1v) is 8.82. The van der Waals surface area contributed by atoms with Gasteiger partial charge in [0.25, 0.3) is 10.1 Å². The van der Waals surface area contributed by atoms with Crippen molar-refractivity contribution in [1.82, 2.24) is 4.90 Å². The topological polar surface area (TPSA) is 76.1 Å². The minimum absolute atomic E-state index is 0.0153. The molecule has 0 fully saturated rings. The van der Waals surface area contributed by atoms with Crippen LogP contribution in [0.1, 0.15) is 20.3 Å². The largest absolute Gasteiger partial charge is 0.345 e. The van der Waals surface area contributed by atoms with Crippen molar-refractivity contribution in [2.75, 3.05) is 33.4 Å². The van der Waals surface area contributed by atoms with E-state index in [0.29, 0.717) is 37.3 Å². The molecule has 0 unspecified atom stereocenters. The van der Waals surface area contributed by atoms with Crippen LogP contribution in [0, 0.1) is 0 Å². The summed E-state index contributed by atoms with van der Waals surface area (Å²) in [5.74, 6) is -1.02. The average molecular weight is 329 g/mol. The lowest BCUT2D eigenvalue weighted by atomic mass is 9.92. The second kappa shape index (κ2) is 6.64. The van der Waals surface area contributed by atoms with Crippen LogP contribution >= 0.6 is 0 Å². The monoisotopic (exact) mass is 329 g/mol. The van der Waals surface area contributed by atoms with Gasteiger partial charge in [-0.25, -0.2) is 0 Å². The van der Waals surface area contributed by atoms with Gasteiger partial charge >= 0.3 is 0 Å². The fourth-order valence-corrected chi connectivity index (χ4v) is 3.82. The van der Waals surface area contributed by atoms with E-state index in [1.54, 1.807) is 18.0 Å². The highest BCUT2D eigenvalue weighted by molar-refractivity contribution is 7.89. The van der Waals surface area contributed by atoms with Gasteiger partial charge in [-0.05, 0) is 27.3 Å². The van der Waals surface area contributed by atoms with Crippen molar-refractivity contribution in [1.29, 1.82) is 0 Å². The van der Waals surface area contributed by atoms with Crippen molar-refractivity contribution in [2.45, 2.75) is 26.1 Å². The normalized spacial score (nSPS) is 22.3. The summed E-state index contributed by atoms with van der Waals surface area (Å²) < 4.78 is 45.0. The van der Waals surface area contributed by atoms with E-state index in [9.17, 15) is 13.0 Å². The molecule has 0 bridgehead atoms. The number of rotatable bonds is 5. The van der Waals surface area contributed by atoms with Crippen LogP contribution in [-0.4, -0.2) is 57.0 Å². The van der Waals surface area contributed by atoms with E-state index in [2.05, 4.69) is 0 Å². The van der Waals surface area contributed by atoms with Gasteiger partial charge in [0, 0.05) is 30.9 Å². The second-order valence-electron chi connectivity index (χ2n) is 5.36. The third-order valence-corrected chi connectivity index (χ3v) is 4.67. The molecule has 2 aliphatic rings. The van der Waals surface area contributed by atoms with Crippen molar-refractivity contribution >= 4 is 10.1 Å². The summed E-state index contributed by atoms with van der Waals surface area (Å²) in [6.45, 7) is 5.11. The number of likely N-dealkylation sites (N-methyl/N-ethyl adjacent to an activating group) is 1. The third-order valence-electron chi connectivity index (χ3n) is 3.70. The molecule has 7 heteroatoms. The van der Waals surface area contributed by atoms with Gasteiger partial charge in [-0.15, -0.1) is 0 Å². The number of hydrogen-bond acceptors (Lipinski definition) is 5. The van der Waals surface area contributed by atoms with Crippen LogP contribution in [0.2, 0.25) is 0 Å². The van der Waals surface area contributed by atoms with E-state index < -0.39 is 15.9 Å². The van der Waals surface area contributed by atoms with Crippen LogP contribution in [0.3, 0.4) is 0 Å². The molecule has 0 spiro atoms. The van der Waals surface area contributed by atoms with Gasteiger partial charge in [0.1, 0.15) is 0 Å². The van der Waals surface area contributed by atoms with Crippen molar-refractivity contribution < 1.29 is 22.4 Å². The van der Waals surface area contributed by atoms with Crippen LogP contribution in [0.15, 0.2) is 34.3 Å². The molecule has 0 aromatic rings. The number of allylic oxidation sites excluding steroid dienone is 3. The summed E-state index contributed by atoms with van der Waals surface area (Å²) in [6, 6.07) is 0. The fourth-order valence-electron chi connectivity index (χ4n) is 2.98. The zero-order chi connectivity index (χ0) is 16.4. The van der Waals surface area contributed by atoms with Gasteiger partial charge in [-0.2, -0.15) is 8.42 Å². The summed E-state index contributed by atoms with van der Waals surface area (Å²) in [5, 5.41) is 0. The maximum atomic E-state index is 11.8. The Balaban J connectivity index is 2.66. The Morgan fingerprint density at radius 2 is 1.95 bits per heavy atom. The lowest BCUT2D eigenvalue weighted by Gasteiger charge is -2.37. The van der Waals surface area contributed by atoms with Crippen molar-refractivity contribution in [3.63, 3.8) is 0 Å². The SMILES string of the molecule is CCOC1(OCC)CN(C)CC(S(=O)(=O)O)=C2C=CCC=C21. The van der Waals surface area contributed by atoms with E-state index in [4.69, 9.17) is 9.47 Å². The summed E-state index contributed by atoms with van der Waals surface area (Å²) in [5.41, 5.74) is 1.15. The van der Waals surface area contributed by atoms with E-state index in [1.165, 1.54) is 0 Å². The van der Waals surface area contributed by atoms with E-state index in [1.807, 2.05) is 26.0 Å². The molecule has 1 N–H and O–H groups in total. The number of hydrogen-bond donors (Lipinski definition) is 1. The highest BCUT2D eigenvalue weighted by Gasteiger charge is 2.43. The van der Waals surface area contributed by atoms with E-state index in [0.717, 1.165) is 0 Å². The van der Waals surface area contributed by atoms with Gasteiger partial charge in [0.15, 0.2) is 0 Å². The molecule has 0 aromatic heterocycles. The Labute approximate surface area is 131 Å². The molecule has 2 rings (SSSR count). The maximum Gasteiger partial charge on any atom is 0.292 e. The first kappa shape index (κ1) is 17.4. The maximum absolute atomic E-state index is 11.8. The smallest absolute Gasteiger partial charge is 0.292 e. The lowest BCUT2D eigenvalue weighted by Crippen LogP contribution is -2.47. The van der Waals surface area contributed by atoms with Crippen LogP contribution < -0.4 is 0 Å². The van der Waals surface area contributed by atoms with Crippen LogP contribution in [0.4, 0.5) is 0 Å². The Morgan fingerprint density at radius 3 is 2.50 bits per heavy atom. The van der Waals surface area contributed by atoms with Crippen LogP contribution in [0.25, 0.3) is 0 Å². The Hall–Kier alpha value is -0.990. The number of ether oxygens (including phenoxy) is 2. The molecule has 0 saturated heterocycles. The van der Waals surface area contributed by atoms with Gasteiger partial charge in [-0.3, -0.25) is 9.45 Å². The van der Waals surface area contributed by atoms with E-state index >= 15 is 0 Å². The molecule has 0 radical (unpaired) electrons. The molecule has 0 saturated carbocycles. The summed E-state index contributed by atoms with van der Waals surface area (Å²) in [4.78, 5) is 1.77. The molecule has 1 aliphatic carbocycles. The molecule has 124 valence electrons. The van der Waals surface area contributed by atoms with Crippen molar-refractivity contribution in [3.05, 3.63) is 34.3 Å². The van der Waals surface area contributed by atoms with Crippen LogP contribution in [-0.2, 0) is 19.6 Å². The van der Waals surface area contributed by atoms with Crippen LogP contribution in [0.5, 0.6) is 0 Å². The molecule has 0 amide bonds. The molecule has 0 atom stereocenters. The predicted octanol–water partition coefficient (Wildman–Crippen LogP) is 1.73. The Kier molecular flexibility index (Phi) is 5.24. The standard InChI is InChI=1S/C15H23NO5S/c1-4-20-15(21-5-2)11-16(3)10-14(22(17,18)19)12-8-6-7-9-13(12)15/h6,8-9H,4-5,7,10-11H2,1-3H3,(H,17,18,19). The molecular weight excluding hydrogens is 306 g/mol. The highest BCUT2D eigenvalue weighted by atomic mass is 32.2. The van der Waals surface area contributed by atoms with E-state index in [-0.39, 0.29) is 11.4 Å². The van der Waals surface area contributed by atoms with Gasteiger partial charge in [0.05, 0.1) is 11.4 Å². The van der Waals surface area contributed by atoms with Crippen molar-refractivity contribution in [3.8, 4) is 0 Å². The third kappa shape index (κ3) is 3.33. The Bertz CT molecular complexity index is 612. The highest BCUT2D eigenvalue weighted by Crippen LogP contribution is 2.38. The van der Waals surface area contributed by atoms with Gasteiger partial charge < -0.3 is 9.47 Å². The quantitative estimate of drug-likeness (QED) is 0.611. The van der Waals surface area contributed by atoms with Gasteiger partial charge in [-0.1, -0.05) is 18.2 Å². The molecule has 6 nitrogen and oxygen atoms in total. The second-order valence-corrected chi connectivity index (χ2v) is 6.80. The predicted molar refractivity (Wildman–Crippen MR) is 83.9 cm³/mol. The molecule has 0 aromatic carbocycles. The molecular formula is C15H23NO5S. The lowest BCUT2D eigenvalue weighted by molar-refractivity contribution is -0.211. The first-order valence-electron chi connectivity index (χ1n) is 7.38. The molecule has 1 heterocycles. The average Bonchev–Trinajstić information content (AvgIpc) is 2.55. The summed E-state index contributed by atoms with van der Waals surface area (Å²) in [6.07, 6.45) is 6.16. The fraction of sp³-hybridized carbons (Fsp3) is 0.600. The first-order chi connectivity index (χ1) is 10.3. The number of fused-ring (bicyclic) bond motifs is 1. The summed E-state index contributed by atoms with van der Waals surface area (Å²) >= 11 is 0. The zero-order valence-electron chi connectivity index (χ0n) is 13.2.